The van der Waals surface area contributed by atoms with E-state index in [1.807, 2.05) is 60.7 Å². The molecule has 0 aliphatic carbocycles. The third-order valence-electron chi connectivity index (χ3n) is 13.8. The monoisotopic (exact) mass is 1470 g/mol. The van der Waals surface area contributed by atoms with E-state index in [4.69, 9.17) is 15.2 Å². The van der Waals surface area contributed by atoms with Gasteiger partial charge in [0.1, 0.15) is 23.2 Å². The van der Waals surface area contributed by atoms with Gasteiger partial charge in [0.15, 0.2) is 6.04 Å². The number of rotatable bonds is 16. The lowest BCUT2D eigenvalue weighted by Gasteiger charge is -2.29. The van der Waals surface area contributed by atoms with Gasteiger partial charge in [0.05, 0.1) is 56.7 Å². The lowest BCUT2D eigenvalue weighted by atomic mass is 9.96. The molecule has 100 heavy (non-hydrogen) atoms. The fraction of sp³-hybridized carbons (Fsp3) is 0.221. The Bertz CT molecular complexity index is 4110. The summed E-state index contributed by atoms with van der Waals surface area (Å²) in [7, 11) is 0. The number of amides is 1. The van der Waals surface area contributed by atoms with Crippen LogP contribution in [0.1, 0.15) is 80.6 Å². The Labute approximate surface area is 569 Å². The van der Waals surface area contributed by atoms with Gasteiger partial charge in [-0.3, -0.25) is 55.1 Å². The van der Waals surface area contributed by atoms with E-state index in [2.05, 4.69) is 25.9 Å². The van der Waals surface area contributed by atoms with Crippen LogP contribution in [0.2, 0.25) is 0 Å². The Morgan fingerprint density at radius 1 is 0.550 bits per heavy atom. The molecule has 528 valence electrons. The van der Waals surface area contributed by atoms with Crippen molar-refractivity contribution in [3.05, 3.63) is 291 Å². The fourth-order valence-electron chi connectivity index (χ4n) is 9.48. The van der Waals surface area contributed by atoms with Crippen LogP contribution in [-0.4, -0.2) is 81.1 Å². The van der Waals surface area contributed by atoms with Crippen LogP contribution in [-0.2, 0) is 66.7 Å². The largest absolute Gasteiger partial charge is 0.465 e. The summed E-state index contributed by atoms with van der Waals surface area (Å²) in [6, 6.07) is 47.8. The second-order valence-electron chi connectivity index (χ2n) is 20.7. The number of nitro groups is 3. The maximum Gasteiger partial charge on any atom is 0.423 e. The Kier molecular flexibility index (Phi) is 28.9. The lowest BCUT2D eigenvalue weighted by Crippen LogP contribution is -2.48. The molecule has 0 saturated carbocycles. The Hall–Kier alpha value is -10.7. The quantitative estimate of drug-likeness (QED) is 0.0173. The third kappa shape index (κ3) is 22.4. The van der Waals surface area contributed by atoms with Crippen molar-refractivity contribution < 1.29 is 96.5 Å². The number of alkyl halides is 13. The first-order valence-electron chi connectivity index (χ1n) is 29.2. The summed E-state index contributed by atoms with van der Waals surface area (Å²) >= 11 is 2.91. The van der Waals surface area contributed by atoms with Gasteiger partial charge in [-0.25, -0.2) is 4.79 Å². The minimum Gasteiger partial charge on any atom is -0.465 e. The highest BCUT2D eigenvalue weighted by atomic mass is 79.9. The number of nitrogens with zero attached hydrogens (tertiary/aromatic N) is 6. The molecule has 3 N–H and O–H groups in total. The van der Waals surface area contributed by atoms with Gasteiger partial charge in [-0.1, -0.05) is 186 Å². The molecule has 2 atom stereocenters. The molecule has 0 aromatic heterocycles. The smallest absolute Gasteiger partial charge is 0.423 e. The van der Waals surface area contributed by atoms with Gasteiger partial charge < -0.3 is 15.2 Å². The maximum atomic E-state index is 13.4. The van der Waals surface area contributed by atoms with Crippen LogP contribution in [0.15, 0.2) is 204 Å². The summed E-state index contributed by atoms with van der Waals surface area (Å²) in [4.78, 5) is 74.0. The maximum absolute atomic E-state index is 13.4. The number of hydrogen-bond donors (Lipinski definition) is 2. The molecule has 0 fully saturated rings. The number of nitrogens with two attached hydrogens (primary N) is 1. The SMILES string of the molecule is CCOC(=O)C(Cc1cccc(C(F)(F)F)c1[N+](=O)[O-])N=C(c1ccccc1)c1ccccc1.CCOC(=O)CN=C(c1ccccc1)c1ccccc1.Cc1cccc(C(F)(F)F)c1[N+](=O)[O-].NC1Cc2cccc(C(F)(F)F)c2N(O)C1=O.O=[N+]([O-])c1c(CBr)cccc1C(F)(F)F. The number of aryl methyl sites for hydroxylation is 1. The van der Waals surface area contributed by atoms with E-state index in [0.717, 1.165) is 41.1 Å². The van der Waals surface area contributed by atoms with E-state index < -0.39 is 115 Å². The summed E-state index contributed by atoms with van der Waals surface area (Å²) in [6.07, 6.45) is -19.4. The van der Waals surface area contributed by atoms with Crippen molar-refractivity contribution in [2.75, 3.05) is 24.8 Å². The van der Waals surface area contributed by atoms with E-state index in [1.54, 1.807) is 74.5 Å². The summed E-state index contributed by atoms with van der Waals surface area (Å²) in [5.41, 5.74) is 1.66. The number of halogens is 13. The first kappa shape index (κ1) is 80.0. The minimum atomic E-state index is -4.93. The van der Waals surface area contributed by atoms with Crippen molar-refractivity contribution >= 4 is 67.9 Å². The Balaban J connectivity index is 0.000000236. The number of aliphatic imine (C=N–C) groups is 2. The second kappa shape index (κ2) is 36.2. The van der Waals surface area contributed by atoms with Crippen molar-refractivity contribution in [1.82, 2.24) is 0 Å². The molecule has 0 spiro atoms. The Morgan fingerprint density at radius 3 is 1.31 bits per heavy atom. The van der Waals surface area contributed by atoms with E-state index >= 15 is 0 Å². The molecule has 0 saturated heterocycles. The molecule has 2 unspecified atom stereocenters. The number of para-hydroxylation sites is 4. The topological polar surface area (TPSA) is 273 Å². The highest BCUT2D eigenvalue weighted by molar-refractivity contribution is 9.08. The molecular formula is C68H58BrF12N7O12. The van der Waals surface area contributed by atoms with Gasteiger partial charge in [0, 0.05) is 50.7 Å². The average Bonchev–Trinajstić information content (AvgIpc) is 0.766. The molecule has 8 aromatic rings. The number of hydrogen-bond acceptors (Lipinski definition) is 15. The van der Waals surface area contributed by atoms with Gasteiger partial charge in [-0.05, 0) is 57.0 Å². The molecule has 19 nitrogen and oxygen atoms in total. The Morgan fingerprint density at radius 2 is 0.920 bits per heavy atom. The third-order valence-corrected chi connectivity index (χ3v) is 14.4. The summed E-state index contributed by atoms with van der Waals surface area (Å²) < 4.78 is 162. The molecule has 32 heteroatoms. The second-order valence-corrected chi connectivity index (χ2v) is 21.2. The van der Waals surface area contributed by atoms with Crippen molar-refractivity contribution in [2.45, 2.75) is 75.7 Å². The van der Waals surface area contributed by atoms with Gasteiger partial charge >= 0.3 is 36.6 Å². The molecule has 1 heterocycles. The van der Waals surface area contributed by atoms with E-state index in [0.29, 0.717) is 41.6 Å². The van der Waals surface area contributed by atoms with E-state index in [-0.39, 0.29) is 58.2 Å². The zero-order valence-corrected chi connectivity index (χ0v) is 54.1. The summed E-state index contributed by atoms with van der Waals surface area (Å²) in [6.45, 7) is 5.07. The van der Waals surface area contributed by atoms with Crippen molar-refractivity contribution in [1.29, 1.82) is 0 Å². The van der Waals surface area contributed by atoms with Gasteiger partial charge in [0.2, 0.25) is 0 Å². The number of esters is 2. The van der Waals surface area contributed by atoms with Gasteiger partial charge in [-0.2, -0.15) is 57.7 Å². The van der Waals surface area contributed by atoms with Gasteiger partial charge in [-0.15, -0.1) is 0 Å². The predicted octanol–water partition coefficient (Wildman–Crippen LogP) is 16.5. The van der Waals surface area contributed by atoms with E-state index in [9.17, 15) is 103 Å². The minimum absolute atomic E-state index is 0.00447. The summed E-state index contributed by atoms with van der Waals surface area (Å²) in [5, 5.41) is 42.0. The van der Waals surface area contributed by atoms with Gasteiger partial charge in [0.25, 0.3) is 23.0 Å². The number of anilines is 1. The molecule has 1 aliphatic heterocycles. The lowest BCUT2D eigenvalue weighted by molar-refractivity contribution is -0.388. The van der Waals surface area contributed by atoms with Crippen LogP contribution in [0.4, 0.5) is 75.4 Å². The molecule has 0 bridgehead atoms. The number of carbonyl (C=O) groups excluding carboxylic acids is 3. The first-order chi connectivity index (χ1) is 47.1. The standard InChI is InChI=1S/C25H21F3N2O4.C17H17NO2.C10H9F3N2O2.C8H5BrF3NO2.C8H6F3NO2/c1-2-34-24(31)21(16-19-14-9-15-20(25(26,27)28)23(19)30(32)33)29-22(17-10-5-3-6-11-17)18-12-7-4-8-13-18;1-2-20-16(19)13-18-17(14-9-5-3-6-10-14)15-11-7-4-8-12-15;11-10(12,13)6-3-1-2-5-4-7(14)9(16)15(17)8(5)6;9-4-5-2-1-3-6(8(10,11)12)7(5)13(14)15;1-5-3-2-4-6(8(9,10)11)7(5)12(13)14/h3-15,21H,2,16H2,1H3;3-12H,2,13H2,1H3;1-3,7,17H,4,14H2;1-3H,4H2;2-4H,1H3. The number of hydroxylamine groups is 1. The van der Waals surface area contributed by atoms with Crippen LogP contribution in [0.5, 0.6) is 0 Å². The number of nitro benzene ring substituents is 3. The highest BCUT2D eigenvalue weighted by Gasteiger charge is 2.43. The molecule has 9 rings (SSSR count). The molecule has 1 amide bonds. The molecule has 1 aliphatic rings. The fourth-order valence-corrected chi connectivity index (χ4v) is 9.94. The van der Waals surface area contributed by atoms with E-state index in [1.165, 1.54) is 37.3 Å². The van der Waals surface area contributed by atoms with Crippen LogP contribution in [0.3, 0.4) is 0 Å². The van der Waals surface area contributed by atoms with Crippen LogP contribution in [0.25, 0.3) is 0 Å². The predicted molar refractivity (Wildman–Crippen MR) is 347 cm³/mol. The zero-order chi connectivity index (χ0) is 74.3. The summed E-state index contributed by atoms with van der Waals surface area (Å²) in [5.74, 6) is -2.04. The molecular weight excluding hydrogens is 1410 g/mol. The molecule has 8 aromatic carbocycles. The average molecular weight is 1470 g/mol. The van der Waals surface area contributed by atoms with Crippen molar-refractivity contribution in [2.24, 2.45) is 15.7 Å². The van der Waals surface area contributed by atoms with Crippen LogP contribution >= 0.6 is 15.9 Å². The zero-order valence-electron chi connectivity index (χ0n) is 52.5. The number of benzene rings is 8. The van der Waals surface area contributed by atoms with Crippen molar-refractivity contribution in [3.8, 4) is 0 Å². The molecule has 0 radical (unpaired) electrons. The number of fused-ring (bicyclic) bond motifs is 1. The van der Waals surface area contributed by atoms with Crippen molar-refractivity contribution in [3.63, 3.8) is 0 Å². The normalized spacial score (nSPS) is 12.8. The first-order valence-corrected chi connectivity index (χ1v) is 30.4. The number of carbonyl (C=O) groups is 3. The van der Waals surface area contributed by atoms with Crippen LogP contribution in [0, 0.1) is 37.3 Å². The van der Waals surface area contributed by atoms with Crippen LogP contribution < -0.4 is 10.8 Å². The highest BCUT2D eigenvalue weighted by Crippen LogP contribution is 2.43. The number of ether oxygens (including phenoxy) is 2.